The highest BCUT2D eigenvalue weighted by atomic mass is 32.1. The Kier molecular flexibility index (Phi) is 4.56. The molecular weight excluding hydrogens is 232 g/mol. The van der Waals surface area contributed by atoms with Crippen LogP contribution >= 0.6 is 11.3 Å². The summed E-state index contributed by atoms with van der Waals surface area (Å²) >= 11 is 1.90. The lowest BCUT2D eigenvalue weighted by molar-refractivity contribution is -0.0202. The van der Waals surface area contributed by atoms with E-state index in [0.29, 0.717) is 18.6 Å². The molecule has 2 atom stereocenters. The molecule has 2 heterocycles. The zero-order chi connectivity index (χ0) is 12.3. The van der Waals surface area contributed by atoms with E-state index in [9.17, 15) is 0 Å². The molecule has 2 N–H and O–H groups in total. The number of morpholine rings is 1. The highest BCUT2D eigenvalue weighted by Crippen LogP contribution is 2.29. The van der Waals surface area contributed by atoms with Gasteiger partial charge in [0.05, 0.1) is 19.3 Å². The van der Waals surface area contributed by atoms with E-state index >= 15 is 0 Å². The van der Waals surface area contributed by atoms with E-state index in [1.165, 1.54) is 9.75 Å². The van der Waals surface area contributed by atoms with Crippen LogP contribution in [-0.2, 0) is 11.2 Å². The predicted molar refractivity (Wildman–Crippen MR) is 72.5 cm³/mol. The van der Waals surface area contributed by atoms with Crippen molar-refractivity contribution in [2.75, 3.05) is 26.3 Å². The van der Waals surface area contributed by atoms with Gasteiger partial charge in [0.1, 0.15) is 0 Å². The molecule has 2 rings (SSSR count). The number of nitrogens with two attached hydrogens (primary N) is 1. The van der Waals surface area contributed by atoms with Crippen molar-refractivity contribution in [3.63, 3.8) is 0 Å². The Balaban J connectivity index is 2.14. The minimum Gasteiger partial charge on any atom is -0.379 e. The van der Waals surface area contributed by atoms with Crippen molar-refractivity contribution in [3.8, 4) is 0 Å². The number of thiophene rings is 1. The fourth-order valence-electron chi connectivity index (χ4n) is 2.38. The lowest BCUT2D eigenvalue weighted by Gasteiger charge is -2.38. The average molecular weight is 254 g/mol. The van der Waals surface area contributed by atoms with E-state index in [1.807, 2.05) is 11.3 Å². The molecule has 1 aliphatic rings. The van der Waals surface area contributed by atoms with Crippen molar-refractivity contribution >= 4 is 11.3 Å². The van der Waals surface area contributed by atoms with Crippen molar-refractivity contribution in [2.45, 2.75) is 32.4 Å². The summed E-state index contributed by atoms with van der Waals surface area (Å²) in [5.74, 6) is 0. The second-order valence-corrected chi connectivity index (χ2v) is 5.77. The summed E-state index contributed by atoms with van der Waals surface area (Å²) in [6, 6.07) is 5.29. The first kappa shape index (κ1) is 13.0. The Morgan fingerprint density at radius 1 is 1.59 bits per heavy atom. The van der Waals surface area contributed by atoms with Crippen molar-refractivity contribution in [1.82, 2.24) is 4.90 Å². The van der Waals surface area contributed by atoms with Gasteiger partial charge in [0.25, 0.3) is 0 Å². The van der Waals surface area contributed by atoms with E-state index in [-0.39, 0.29) is 0 Å². The Hall–Kier alpha value is -0.420. The normalized spacial score (nSPS) is 23.8. The van der Waals surface area contributed by atoms with Gasteiger partial charge in [0, 0.05) is 28.9 Å². The average Bonchev–Trinajstić information content (AvgIpc) is 2.81. The van der Waals surface area contributed by atoms with E-state index in [2.05, 4.69) is 30.9 Å². The number of aryl methyl sites for hydroxylation is 1. The van der Waals surface area contributed by atoms with Crippen LogP contribution in [0.15, 0.2) is 12.1 Å². The van der Waals surface area contributed by atoms with Crippen molar-refractivity contribution < 1.29 is 4.74 Å². The smallest absolute Gasteiger partial charge is 0.0620 e. The van der Waals surface area contributed by atoms with Gasteiger partial charge in [-0.1, -0.05) is 6.92 Å². The minimum atomic E-state index is 0.360. The van der Waals surface area contributed by atoms with Gasteiger partial charge >= 0.3 is 0 Å². The first-order valence-electron chi connectivity index (χ1n) is 6.38. The summed E-state index contributed by atoms with van der Waals surface area (Å²) in [5.41, 5.74) is 5.97. The molecular formula is C13H22N2OS. The van der Waals surface area contributed by atoms with Gasteiger partial charge in [-0.2, -0.15) is 0 Å². The third kappa shape index (κ3) is 2.88. The van der Waals surface area contributed by atoms with Crippen LogP contribution in [-0.4, -0.2) is 37.2 Å². The van der Waals surface area contributed by atoms with Gasteiger partial charge in [0.2, 0.25) is 0 Å². The zero-order valence-corrected chi connectivity index (χ0v) is 11.5. The second kappa shape index (κ2) is 5.96. The first-order valence-corrected chi connectivity index (χ1v) is 7.20. The third-order valence-corrected chi connectivity index (χ3v) is 4.73. The molecule has 0 radical (unpaired) electrons. The summed E-state index contributed by atoms with van der Waals surface area (Å²) < 4.78 is 5.49. The second-order valence-electron chi connectivity index (χ2n) is 4.57. The van der Waals surface area contributed by atoms with E-state index in [4.69, 9.17) is 10.5 Å². The fraction of sp³-hybridized carbons (Fsp3) is 0.692. The Morgan fingerprint density at radius 3 is 3.00 bits per heavy atom. The molecule has 4 heteroatoms. The maximum atomic E-state index is 5.97. The van der Waals surface area contributed by atoms with Gasteiger partial charge < -0.3 is 10.5 Å². The van der Waals surface area contributed by atoms with Crippen LogP contribution in [0.25, 0.3) is 0 Å². The molecule has 3 nitrogen and oxygen atoms in total. The Labute approximate surface area is 108 Å². The van der Waals surface area contributed by atoms with Crippen LogP contribution in [0.2, 0.25) is 0 Å². The molecule has 1 fully saturated rings. The quantitative estimate of drug-likeness (QED) is 0.893. The Morgan fingerprint density at radius 2 is 2.41 bits per heavy atom. The maximum absolute atomic E-state index is 5.97. The molecule has 1 aromatic heterocycles. The molecule has 0 spiro atoms. The molecule has 0 saturated carbocycles. The summed E-state index contributed by atoms with van der Waals surface area (Å²) in [6.45, 7) is 7.74. The molecule has 2 unspecified atom stereocenters. The van der Waals surface area contributed by atoms with Crippen molar-refractivity contribution in [3.05, 3.63) is 21.9 Å². The van der Waals surface area contributed by atoms with E-state index in [0.717, 1.165) is 26.2 Å². The standard InChI is InChI=1S/C13H22N2OS/c1-3-11-4-5-13(17-11)12(8-14)15-6-7-16-9-10(15)2/h4-5,10,12H,3,6-9,14H2,1-2H3. The van der Waals surface area contributed by atoms with E-state index in [1.54, 1.807) is 0 Å². The summed E-state index contributed by atoms with van der Waals surface area (Å²) in [6.07, 6.45) is 1.11. The maximum Gasteiger partial charge on any atom is 0.0620 e. The minimum absolute atomic E-state index is 0.360. The largest absolute Gasteiger partial charge is 0.379 e. The van der Waals surface area contributed by atoms with Crippen LogP contribution in [0.5, 0.6) is 0 Å². The molecule has 0 aromatic carbocycles. The highest BCUT2D eigenvalue weighted by molar-refractivity contribution is 7.12. The number of ether oxygens (including phenoxy) is 1. The Bertz CT molecular complexity index is 353. The fourth-order valence-corrected chi connectivity index (χ4v) is 3.47. The number of rotatable bonds is 4. The zero-order valence-electron chi connectivity index (χ0n) is 10.7. The number of hydrogen-bond donors (Lipinski definition) is 1. The van der Waals surface area contributed by atoms with Crippen LogP contribution in [0.4, 0.5) is 0 Å². The van der Waals surface area contributed by atoms with Gasteiger partial charge in [-0.3, -0.25) is 4.90 Å². The van der Waals surface area contributed by atoms with Gasteiger partial charge in [0.15, 0.2) is 0 Å². The topological polar surface area (TPSA) is 38.5 Å². The van der Waals surface area contributed by atoms with Crippen molar-refractivity contribution in [2.24, 2.45) is 5.73 Å². The lowest BCUT2D eigenvalue weighted by atomic mass is 10.1. The highest BCUT2D eigenvalue weighted by Gasteiger charge is 2.27. The SMILES string of the molecule is CCc1ccc(C(CN)N2CCOCC2C)s1. The van der Waals surface area contributed by atoms with E-state index < -0.39 is 0 Å². The van der Waals surface area contributed by atoms with Crippen LogP contribution in [0.3, 0.4) is 0 Å². The first-order chi connectivity index (χ1) is 8.26. The molecule has 96 valence electrons. The van der Waals surface area contributed by atoms with Gasteiger partial charge in [-0.15, -0.1) is 11.3 Å². The molecule has 0 aliphatic carbocycles. The van der Waals surface area contributed by atoms with Gasteiger partial charge in [-0.25, -0.2) is 0 Å². The van der Waals surface area contributed by atoms with Crippen molar-refractivity contribution in [1.29, 1.82) is 0 Å². The van der Waals surface area contributed by atoms with Gasteiger partial charge in [-0.05, 0) is 25.5 Å². The molecule has 1 aliphatic heterocycles. The predicted octanol–water partition coefficient (Wildman–Crippen LogP) is 2.03. The third-order valence-electron chi connectivity index (χ3n) is 3.40. The molecule has 0 bridgehead atoms. The molecule has 17 heavy (non-hydrogen) atoms. The summed E-state index contributed by atoms with van der Waals surface area (Å²) in [5, 5.41) is 0. The summed E-state index contributed by atoms with van der Waals surface area (Å²) in [4.78, 5) is 5.33. The summed E-state index contributed by atoms with van der Waals surface area (Å²) in [7, 11) is 0. The monoisotopic (exact) mass is 254 g/mol. The number of hydrogen-bond acceptors (Lipinski definition) is 4. The molecule has 1 saturated heterocycles. The molecule has 1 aromatic rings. The number of nitrogens with zero attached hydrogens (tertiary/aromatic N) is 1. The van der Waals surface area contributed by atoms with Crippen LogP contribution < -0.4 is 5.73 Å². The van der Waals surface area contributed by atoms with Crippen LogP contribution in [0, 0.1) is 0 Å². The molecule has 0 amide bonds. The van der Waals surface area contributed by atoms with Crippen LogP contribution in [0.1, 0.15) is 29.6 Å². The lowest BCUT2D eigenvalue weighted by Crippen LogP contribution is -2.47.